The molecule has 0 aliphatic carbocycles. The summed E-state index contributed by atoms with van der Waals surface area (Å²) in [6, 6.07) is 7.19. The van der Waals surface area contributed by atoms with Crippen LogP contribution in [-0.2, 0) is 17.7 Å². The highest BCUT2D eigenvalue weighted by atomic mass is 32.1. The number of urea groups is 1. The van der Waals surface area contributed by atoms with Crippen molar-refractivity contribution in [3.63, 3.8) is 0 Å². The molecule has 0 fully saturated rings. The van der Waals surface area contributed by atoms with E-state index in [0.717, 1.165) is 18.5 Å². The van der Waals surface area contributed by atoms with Gasteiger partial charge in [-0.3, -0.25) is 4.79 Å². The fraction of sp³-hybridized carbons (Fsp3) is 0.368. The van der Waals surface area contributed by atoms with Crippen LogP contribution in [0.3, 0.4) is 0 Å². The van der Waals surface area contributed by atoms with Crippen molar-refractivity contribution < 1.29 is 14.3 Å². The molecule has 1 aromatic carbocycles. The van der Waals surface area contributed by atoms with Crippen molar-refractivity contribution in [1.82, 2.24) is 10.2 Å². The summed E-state index contributed by atoms with van der Waals surface area (Å²) in [4.78, 5) is 28.2. The molecule has 2 N–H and O–H groups in total. The van der Waals surface area contributed by atoms with Gasteiger partial charge < -0.3 is 20.3 Å². The monoisotopic (exact) mass is 373 g/mol. The van der Waals surface area contributed by atoms with Crippen LogP contribution >= 0.6 is 11.3 Å². The number of carbonyl (C=O) groups excluding carboxylic acids is 2. The first-order valence-corrected chi connectivity index (χ1v) is 9.46. The minimum absolute atomic E-state index is 0.00258. The zero-order valence-electron chi connectivity index (χ0n) is 15.0. The van der Waals surface area contributed by atoms with Crippen LogP contribution in [-0.4, -0.2) is 43.6 Å². The zero-order chi connectivity index (χ0) is 18.5. The Hall–Kier alpha value is -2.38. The predicted molar refractivity (Wildman–Crippen MR) is 103 cm³/mol. The van der Waals surface area contributed by atoms with Gasteiger partial charge in [-0.1, -0.05) is 6.07 Å². The molecule has 7 heteroatoms. The molecule has 138 valence electrons. The number of carbonyl (C=O) groups is 2. The van der Waals surface area contributed by atoms with Crippen LogP contribution in [0.1, 0.15) is 26.4 Å². The molecule has 0 bridgehead atoms. The third-order valence-electron chi connectivity index (χ3n) is 4.50. The SMILES string of the molecule is COCCNC(=O)Nc1cccc(C(=O)N2CCc3sccc3C2)c1C. The normalized spacial score (nSPS) is 13.2. The Morgan fingerprint density at radius 2 is 2.15 bits per heavy atom. The molecule has 6 nitrogen and oxygen atoms in total. The Morgan fingerprint density at radius 1 is 1.31 bits per heavy atom. The Morgan fingerprint density at radius 3 is 2.96 bits per heavy atom. The lowest BCUT2D eigenvalue weighted by Crippen LogP contribution is -2.36. The third kappa shape index (κ3) is 4.05. The van der Waals surface area contributed by atoms with Crippen LogP contribution in [0.25, 0.3) is 0 Å². The lowest BCUT2D eigenvalue weighted by atomic mass is 10.0. The fourth-order valence-electron chi connectivity index (χ4n) is 3.03. The van der Waals surface area contributed by atoms with E-state index in [1.807, 2.05) is 17.9 Å². The van der Waals surface area contributed by atoms with Crippen LogP contribution in [0, 0.1) is 6.92 Å². The molecule has 0 saturated carbocycles. The van der Waals surface area contributed by atoms with Gasteiger partial charge in [-0.05, 0) is 48.1 Å². The quantitative estimate of drug-likeness (QED) is 0.792. The summed E-state index contributed by atoms with van der Waals surface area (Å²) < 4.78 is 4.91. The van der Waals surface area contributed by atoms with Crippen molar-refractivity contribution in [3.05, 3.63) is 51.2 Å². The number of benzene rings is 1. The van der Waals surface area contributed by atoms with Gasteiger partial charge in [-0.25, -0.2) is 4.79 Å². The number of rotatable bonds is 5. The van der Waals surface area contributed by atoms with E-state index in [-0.39, 0.29) is 11.9 Å². The second-order valence-electron chi connectivity index (χ2n) is 6.20. The Balaban J connectivity index is 1.70. The number of anilines is 1. The lowest BCUT2D eigenvalue weighted by molar-refractivity contribution is 0.0735. The molecule has 0 saturated heterocycles. The topological polar surface area (TPSA) is 70.7 Å². The van der Waals surface area contributed by atoms with Crippen LogP contribution < -0.4 is 10.6 Å². The van der Waals surface area contributed by atoms with Gasteiger partial charge in [0.25, 0.3) is 5.91 Å². The molecule has 1 aromatic heterocycles. The maximum atomic E-state index is 13.0. The smallest absolute Gasteiger partial charge is 0.319 e. The number of nitrogens with one attached hydrogen (secondary N) is 2. The maximum Gasteiger partial charge on any atom is 0.319 e. The highest BCUT2D eigenvalue weighted by Crippen LogP contribution is 2.27. The van der Waals surface area contributed by atoms with E-state index in [2.05, 4.69) is 22.1 Å². The van der Waals surface area contributed by atoms with Crippen molar-refractivity contribution in [2.75, 3.05) is 32.1 Å². The van der Waals surface area contributed by atoms with Gasteiger partial charge in [0.1, 0.15) is 0 Å². The number of nitrogens with zero attached hydrogens (tertiary/aromatic N) is 1. The van der Waals surface area contributed by atoms with E-state index in [0.29, 0.717) is 30.9 Å². The standard InChI is InChI=1S/C19H23N3O3S/c1-13-15(4-3-5-16(13)21-19(24)20-8-10-25-2)18(23)22-9-6-17-14(12-22)7-11-26-17/h3-5,7,11H,6,8-10,12H2,1-2H3,(H2,20,21,24). The summed E-state index contributed by atoms with van der Waals surface area (Å²) in [5.41, 5.74) is 3.27. The number of hydrogen-bond acceptors (Lipinski definition) is 4. The molecule has 0 unspecified atom stereocenters. The van der Waals surface area contributed by atoms with E-state index in [9.17, 15) is 9.59 Å². The summed E-state index contributed by atoms with van der Waals surface area (Å²) in [5, 5.41) is 7.59. The minimum Gasteiger partial charge on any atom is -0.383 e. The second kappa shape index (κ2) is 8.33. The number of thiophene rings is 1. The zero-order valence-corrected chi connectivity index (χ0v) is 15.8. The number of ether oxygens (including phenoxy) is 1. The Kier molecular flexibility index (Phi) is 5.90. The molecule has 0 spiro atoms. The number of methoxy groups -OCH3 is 1. The molecule has 2 heterocycles. The fourth-order valence-corrected chi connectivity index (χ4v) is 3.92. The van der Waals surface area contributed by atoms with Crippen molar-refractivity contribution >= 4 is 29.0 Å². The largest absolute Gasteiger partial charge is 0.383 e. The summed E-state index contributed by atoms with van der Waals surface area (Å²) in [7, 11) is 1.58. The first-order chi connectivity index (χ1) is 12.6. The molecule has 3 rings (SSSR count). The molecule has 1 aliphatic rings. The maximum absolute atomic E-state index is 13.0. The summed E-state index contributed by atoms with van der Waals surface area (Å²) in [5.74, 6) is 0.00258. The Labute approximate surface area is 157 Å². The van der Waals surface area contributed by atoms with Gasteiger partial charge in [0, 0.05) is 42.9 Å². The molecule has 0 atom stereocenters. The molecule has 2 aromatic rings. The predicted octanol–water partition coefficient (Wildman–Crippen LogP) is 3.02. The first kappa shape index (κ1) is 18.4. The first-order valence-electron chi connectivity index (χ1n) is 8.58. The minimum atomic E-state index is -0.310. The van der Waals surface area contributed by atoms with Crippen LogP contribution in [0.5, 0.6) is 0 Å². The average Bonchev–Trinajstić information content (AvgIpc) is 3.11. The van der Waals surface area contributed by atoms with E-state index < -0.39 is 0 Å². The van der Waals surface area contributed by atoms with E-state index in [1.165, 1.54) is 10.4 Å². The van der Waals surface area contributed by atoms with E-state index in [1.54, 1.807) is 30.6 Å². The highest BCUT2D eigenvalue weighted by molar-refractivity contribution is 7.10. The summed E-state index contributed by atoms with van der Waals surface area (Å²) in [6.07, 6.45) is 0.900. The van der Waals surface area contributed by atoms with Crippen molar-refractivity contribution in [2.45, 2.75) is 19.9 Å². The Bertz CT molecular complexity index is 803. The van der Waals surface area contributed by atoms with Crippen LogP contribution in [0.4, 0.5) is 10.5 Å². The van der Waals surface area contributed by atoms with Gasteiger partial charge >= 0.3 is 6.03 Å². The number of amides is 3. The van der Waals surface area contributed by atoms with Crippen molar-refractivity contribution in [1.29, 1.82) is 0 Å². The van der Waals surface area contributed by atoms with Gasteiger partial charge in [0.2, 0.25) is 0 Å². The second-order valence-corrected chi connectivity index (χ2v) is 7.20. The third-order valence-corrected chi connectivity index (χ3v) is 5.52. The molecule has 26 heavy (non-hydrogen) atoms. The van der Waals surface area contributed by atoms with Gasteiger partial charge in [-0.2, -0.15) is 0 Å². The van der Waals surface area contributed by atoms with Gasteiger partial charge in [0.15, 0.2) is 0 Å². The van der Waals surface area contributed by atoms with Gasteiger partial charge in [-0.15, -0.1) is 11.3 Å². The molecule has 1 aliphatic heterocycles. The van der Waals surface area contributed by atoms with Crippen molar-refractivity contribution in [2.24, 2.45) is 0 Å². The highest BCUT2D eigenvalue weighted by Gasteiger charge is 2.24. The molecular formula is C19H23N3O3S. The number of fused-ring (bicyclic) bond motifs is 1. The average molecular weight is 373 g/mol. The van der Waals surface area contributed by atoms with Gasteiger partial charge in [0.05, 0.1) is 6.61 Å². The molecule has 3 amide bonds. The molecule has 0 radical (unpaired) electrons. The summed E-state index contributed by atoms with van der Waals surface area (Å²) >= 11 is 1.75. The van der Waals surface area contributed by atoms with E-state index in [4.69, 9.17) is 4.74 Å². The number of hydrogen-bond donors (Lipinski definition) is 2. The van der Waals surface area contributed by atoms with Crippen LogP contribution in [0.2, 0.25) is 0 Å². The van der Waals surface area contributed by atoms with Crippen molar-refractivity contribution in [3.8, 4) is 0 Å². The van der Waals surface area contributed by atoms with Crippen LogP contribution in [0.15, 0.2) is 29.6 Å². The lowest BCUT2D eigenvalue weighted by Gasteiger charge is -2.28. The van der Waals surface area contributed by atoms with E-state index >= 15 is 0 Å². The summed E-state index contributed by atoms with van der Waals surface area (Å²) in [6.45, 7) is 4.10. The molecular weight excluding hydrogens is 350 g/mol.